The van der Waals surface area contributed by atoms with E-state index in [-0.39, 0.29) is 19.2 Å². The fourth-order valence-corrected chi connectivity index (χ4v) is 4.78. The number of anilines is 2. The van der Waals surface area contributed by atoms with Gasteiger partial charge in [-0.3, -0.25) is 20.1 Å². The summed E-state index contributed by atoms with van der Waals surface area (Å²) in [5.74, 6) is 0.822. The van der Waals surface area contributed by atoms with Crippen LogP contribution in [0.4, 0.5) is 15.9 Å². The van der Waals surface area contributed by atoms with Crippen LogP contribution >= 0.6 is 0 Å². The van der Waals surface area contributed by atoms with Crippen molar-refractivity contribution in [2.45, 2.75) is 25.3 Å². The molecule has 2 aromatic carbocycles. The third kappa shape index (κ3) is 5.87. The number of hydrogen-bond donors (Lipinski definition) is 4. The summed E-state index contributed by atoms with van der Waals surface area (Å²) in [6.45, 7) is 2.59. The van der Waals surface area contributed by atoms with Gasteiger partial charge in [0.2, 0.25) is 5.91 Å². The molecule has 0 aliphatic carbocycles. The maximum Gasteiger partial charge on any atom is 0.239 e. The highest BCUT2D eigenvalue weighted by atomic mass is 19.1. The van der Waals surface area contributed by atoms with Crippen LogP contribution < -0.4 is 26.3 Å². The van der Waals surface area contributed by atoms with Crippen molar-refractivity contribution in [2.75, 3.05) is 43.3 Å². The number of fused-ring (bicyclic) bond motifs is 1. The zero-order chi connectivity index (χ0) is 26.5. The molecule has 3 heterocycles. The van der Waals surface area contributed by atoms with E-state index in [9.17, 15) is 14.3 Å². The van der Waals surface area contributed by atoms with Crippen LogP contribution in [0.25, 0.3) is 10.9 Å². The molecule has 5 N–H and O–H groups in total. The van der Waals surface area contributed by atoms with Crippen LogP contribution in [0.3, 0.4) is 0 Å². The van der Waals surface area contributed by atoms with Crippen LogP contribution in [0, 0.1) is 5.82 Å². The molecule has 1 aromatic heterocycles. The van der Waals surface area contributed by atoms with Crippen molar-refractivity contribution in [3.05, 3.63) is 66.6 Å². The molecule has 200 valence electrons. The maximum absolute atomic E-state index is 13.8. The predicted octanol–water partition coefficient (Wildman–Crippen LogP) is 1.93. The molecular formula is C26H31FN8O3. The molecule has 0 spiro atoms. The maximum atomic E-state index is 13.8. The minimum absolute atomic E-state index is 0.113. The topological polar surface area (TPSA) is 132 Å². The van der Waals surface area contributed by atoms with Gasteiger partial charge in [0.05, 0.1) is 30.6 Å². The third-order valence-corrected chi connectivity index (χ3v) is 6.56. The van der Waals surface area contributed by atoms with Crippen molar-refractivity contribution >= 4 is 28.3 Å². The molecule has 0 radical (unpaired) electrons. The van der Waals surface area contributed by atoms with Gasteiger partial charge in [-0.2, -0.15) is 5.12 Å². The molecule has 11 nitrogen and oxygen atoms in total. The Labute approximate surface area is 219 Å². The number of nitrogens with two attached hydrogens (primary N) is 1. The lowest BCUT2D eigenvalue weighted by molar-refractivity contribution is -0.118. The average Bonchev–Trinajstić information content (AvgIpc) is 3.52. The highest BCUT2D eigenvalue weighted by molar-refractivity contribution is 5.90. The Morgan fingerprint density at radius 2 is 2.16 bits per heavy atom. The number of hydrazine groups is 2. The molecule has 2 aliphatic heterocycles. The van der Waals surface area contributed by atoms with Gasteiger partial charge in [0.1, 0.15) is 36.1 Å². The van der Waals surface area contributed by atoms with Gasteiger partial charge in [0.15, 0.2) is 0 Å². The summed E-state index contributed by atoms with van der Waals surface area (Å²) in [4.78, 5) is 22.7. The molecular weight excluding hydrogens is 491 g/mol. The average molecular weight is 523 g/mol. The molecule has 38 heavy (non-hydrogen) atoms. The van der Waals surface area contributed by atoms with Crippen molar-refractivity contribution < 1.29 is 19.0 Å². The molecule has 5 rings (SSSR count). The molecule has 0 saturated carbocycles. The largest absolute Gasteiger partial charge is 0.493 e. The van der Waals surface area contributed by atoms with Crippen LogP contribution in [-0.2, 0) is 4.79 Å². The summed E-state index contributed by atoms with van der Waals surface area (Å²) in [6, 6.07) is 11.9. The van der Waals surface area contributed by atoms with Crippen LogP contribution in [0.1, 0.15) is 19.3 Å². The van der Waals surface area contributed by atoms with Gasteiger partial charge in [0, 0.05) is 30.1 Å². The first-order valence-electron chi connectivity index (χ1n) is 12.6. The number of aromatic nitrogens is 2. The number of halogens is 1. The zero-order valence-electron chi connectivity index (χ0n) is 20.9. The molecule has 0 unspecified atom stereocenters. The number of benzene rings is 2. The molecule has 2 aliphatic rings. The summed E-state index contributed by atoms with van der Waals surface area (Å²) < 4.78 is 19.8. The Morgan fingerprint density at radius 3 is 2.97 bits per heavy atom. The minimum Gasteiger partial charge on any atom is -0.493 e. The van der Waals surface area contributed by atoms with E-state index in [0.29, 0.717) is 35.2 Å². The molecule has 12 heteroatoms. The van der Waals surface area contributed by atoms with Crippen molar-refractivity contribution in [1.29, 1.82) is 0 Å². The highest BCUT2D eigenvalue weighted by Gasteiger charge is 2.25. The number of aliphatic hydroxyl groups excluding tert-OH is 1. The smallest absolute Gasteiger partial charge is 0.239 e. The lowest BCUT2D eigenvalue weighted by Crippen LogP contribution is -2.46. The monoisotopic (exact) mass is 522 g/mol. The fourth-order valence-electron chi connectivity index (χ4n) is 4.78. The molecule has 1 saturated heterocycles. The Balaban J connectivity index is 1.24. The Bertz CT molecular complexity index is 1320. The number of carbonyl (C=O) groups excluding carboxylic acids is 1. The van der Waals surface area contributed by atoms with E-state index in [1.165, 1.54) is 23.6 Å². The molecule has 0 bridgehead atoms. The SMILES string of the molecule is NC(=O)CN1C=C(Nc2ncnc3cc(OCCCN4CCC[C@@H]4CO)ccc23)NN1c1cccc(F)c1. The van der Waals surface area contributed by atoms with Crippen molar-refractivity contribution in [3.8, 4) is 5.75 Å². The Kier molecular flexibility index (Phi) is 7.70. The van der Waals surface area contributed by atoms with Gasteiger partial charge in [-0.15, -0.1) is 0 Å². The lowest BCUT2D eigenvalue weighted by Gasteiger charge is -2.29. The lowest BCUT2D eigenvalue weighted by atomic mass is 10.2. The Morgan fingerprint density at radius 1 is 1.26 bits per heavy atom. The summed E-state index contributed by atoms with van der Waals surface area (Å²) >= 11 is 0. The highest BCUT2D eigenvalue weighted by Crippen LogP contribution is 2.27. The number of nitrogens with zero attached hydrogens (tertiary/aromatic N) is 5. The van der Waals surface area contributed by atoms with Crippen LogP contribution in [-0.4, -0.2) is 69.8 Å². The van der Waals surface area contributed by atoms with Gasteiger partial charge >= 0.3 is 0 Å². The first-order valence-corrected chi connectivity index (χ1v) is 12.6. The number of aliphatic hydroxyl groups is 1. The van der Waals surface area contributed by atoms with E-state index >= 15 is 0 Å². The van der Waals surface area contributed by atoms with Gasteiger partial charge < -0.3 is 20.9 Å². The van der Waals surface area contributed by atoms with Crippen molar-refractivity contribution in [2.24, 2.45) is 5.73 Å². The van der Waals surface area contributed by atoms with E-state index in [1.54, 1.807) is 23.3 Å². The number of nitrogens with one attached hydrogen (secondary N) is 2. The fraction of sp³-hybridized carbons (Fsp3) is 0.346. The van der Waals surface area contributed by atoms with Crippen molar-refractivity contribution in [1.82, 2.24) is 25.3 Å². The van der Waals surface area contributed by atoms with E-state index < -0.39 is 11.7 Å². The Hall–Kier alpha value is -4.16. The predicted molar refractivity (Wildman–Crippen MR) is 141 cm³/mol. The van der Waals surface area contributed by atoms with E-state index in [1.807, 2.05) is 18.2 Å². The normalized spacial score (nSPS) is 17.5. The first-order chi connectivity index (χ1) is 18.5. The summed E-state index contributed by atoms with van der Waals surface area (Å²) in [6.07, 6.45) is 6.16. The number of rotatable bonds is 11. The van der Waals surface area contributed by atoms with E-state index in [4.69, 9.17) is 10.5 Å². The van der Waals surface area contributed by atoms with Crippen LogP contribution in [0.2, 0.25) is 0 Å². The van der Waals surface area contributed by atoms with Gasteiger partial charge in [0.25, 0.3) is 0 Å². The summed E-state index contributed by atoms with van der Waals surface area (Å²) in [5, 5.41) is 16.5. The second kappa shape index (κ2) is 11.5. The molecule has 1 fully saturated rings. The number of ether oxygens (including phenoxy) is 1. The molecule has 1 atom stereocenters. The van der Waals surface area contributed by atoms with Crippen LogP contribution in [0.5, 0.6) is 5.75 Å². The summed E-state index contributed by atoms with van der Waals surface area (Å²) in [7, 11) is 0. The number of amides is 1. The van der Waals surface area contributed by atoms with Crippen molar-refractivity contribution in [3.63, 3.8) is 0 Å². The minimum atomic E-state index is -0.542. The molecule has 1 amide bonds. The first kappa shape index (κ1) is 25.5. The quantitative estimate of drug-likeness (QED) is 0.277. The second-order valence-corrected chi connectivity index (χ2v) is 9.25. The molecule has 3 aromatic rings. The van der Waals surface area contributed by atoms with Crippen LogP contribution in [0.15, 0.2) is 60.8 Å². The number of primary amides is 1. The second-order valence-electron chi connectivity index (χ2n) is 9.25. The number of likely N-dealkylation sites (tertiary alicyclic amines) is 1. The van der Waals surface area contributed by atoms with Gasteiger partial charge in [-0.05, 0) is 50.1 Å². The van der Waals surface area contributed by atoms with Gasteiger partial charge in [-0.1, -0.05) is 6.07 Å². The number of carbonyl (C=O) groups is 1. The third-order valence-electron chi connectivity index (χ3n) is 6.56. The zero-order valence-corrected chi connectivity index (χ0v) is 20.9. The van der Waals surface area contributed by atoms with E-state index in [2.05, 4.69) is 25.6 Å². The van der Waals surface area contributed by atoms with Gasteiger partial charge in [-0.25, -0.2) is 14.4 Å². The van der Waals surface area contributed by atoms with E-state index in [0.717, 1.165) is 37.7 Å². The standard InChI is InChI=1S/C26H31FN8O3/c27-18-4-1-5-19(12-18)35-32-25(15-34(35)14-24(28)37)31-26-22-8-7-21(13-23(22)29-17-30-26)38-11-3-10-33-9-2-6-20(33)16-36/h1,4-5,7-8,12-13,15,17,20,32,36H,2-3,6,9-11,14,16H2,(H2,28,37)(H,29,30,31)/t20-/m1/s1. The number of hydrogen-bond acceptors (Lipinski definition) is 10. The summed E-state index contributed by atoms with van der Waals surface area (Å²) in [5.41, 5.74) is 9.72.